The normalized spacial score (nSPS) is 14.9. The third kappa shape index (κ3) is 4.06. The van der Waals surface area contributed by atoms with Gasteiger partial charge in [0.05, 0.1) is 41.3 Å². The second-order valence-corrected chi connectivity index (χ2v) is 8.15. The number of quaternary nitrogens is 1. The molecule has 1 aromatic heterocycles. The van der Waals surface area contributed by atoms with E-state index in [0.29, 0.717) is 24.3 Å². The van der Waals surface area contributed by atoms with Crippen LogP contribution in [0.25, 0.3) is 10.2 Å². The highest BCUT2D eigenvalue weighted by Gasteiger charge is 2.27. The maximum Gasteiger partial charge on any atom is 0.293 e. The lowest BCUT2D eigenvalue weighted by Crippen LogP contribution is -3.13. The number of piperazine rings is 1. The number of para-hydroxylation sites is 1. The van der Waals surface area contributed by atoms with Gasteiger partial charge in [0.25, 0.3) is 11.6 Å². The molecule has 0 aliphatic carbocycles. The molecule has 0 radical (unpaired) electrons. The number of rotatable bonds is 5. The van der Waals surface area contributed by atoms with Crippen LogP contribution in [0.1, 0.15) is 15.4 Å². The van der Waals surface area contributed by atoms with E-state index >= 15 is 0 Å². The molecule has 0 spiro atoms. The Morgan fingerprint density at radius 3 is 2.72 bits per heavy atom. The molecule has 3 aromatic rings. The van der Waals surface area contributed by atoms with Gasteiger partial charge in [-0.2, -0.15) is 0 Å². The predicted octanol–water partition coefficient (Wildman–Crippen LogP) is 1.79. The minimum atomic E-state index is -0.470. The van der Waals surface area contributed by atoms with Crippen molar-refractivity contribution in [3.8, 4) is 0 Å². The minimum Gasteiger partial charge on any atom is -0.383 e. The van der Waals surface area contributed by atoms with Crippen LogP contribution < -0.4 is 10.2 Å². The summed E-state index contributed by atoms with van der Waals surface area (Å²) in [4.78, 5) is 31.5. The zero-order valence-corrected chi connectivity index (χ0v) is 16.9. The summed E-state index contributed by atoms with van der Waals surface area (Å²) in [6.07, 6.45) is 0. The molecule has 4 rings (SSSR count). The van der Waals surface area contributed by atoms with Crippen molar-refractivity contribution in [2.45, 2.75) is 6.54 Å². The van der Waals surface area contributed by atoms with Gasteiger partial charge in [-0.3, -0.25) is 14.9 Å². The Bertz CT molecular complexity index is 1030. The Balaban J connectivity index is 1.39. The molecule has 9 heteroatoms. The summed E-state index contributed by atoms with van der Waals surface area (Å²) in [6, 6.07) is 12.7. The lowest BCUT2D eigenvalue weighted by Gasteiger charge is -2.31. The van der Waals surface area contributed by atoms with Crippen molar-refractivity contribution in [1.29, 1.82) is 0 Å². The molecule has 1 aliphatic rings. The fourth-order valence-electron chi connectivity index (χ4n) is 3.62. The van der Waals surface area contributed by atoms with Crippen LogP contribution in [0, 0.1) is 10.1 Å². The second kappa shape index (κ2) is 8.14. The highest BCUT2D eigenvalue weighted by molar-refractivity contribution is 7.18. The summed E-state index contributed by atoms with van der Waals surface area (Å²) < 4.78 is 1.20. The molecule has 1 fully saturated rings. The van der Waals surface area contributed by atoms with Gasteiger partial charge in [-0.25, -0.2) is 4.98 Å². The Kier molecular flexibility index (Phi) is 5.41. The first kappa shape index (κ1) is 19.3. The molecule has 2 N–H and O–H groups in total. The van der Waals surface area contributed by atoms with Crippen molar-refractivity contribution < 1.29 is 14.6 Å². The molecule has 1 amide bonds. The summed E-state index contributed by atoms with van der Waals surface area (Å²) >= 11 is 1.72. The highest BCUT2D eigenvalue weighted by Crippen LogP contribution is 2.25. The number of hydrogen-bond acceptors (Lipinski definition) is 6. The second-order valence-electron chi connectivity index (χ2n) is 7.03. The van der Waals surface area contributed by atoms with E-state index < -0.39 is 4.92 Å². The number of aromatic nitrogens is 1. The number of anilines is 1. The molecule has 29 heavy (non-hydrogen) atoms. The Hall–Kier alpha value is -3.04. The Labute approximate surface area is 171 Å². The molecule has 1 saturated heterocycles. The fourth-order valence-corrected chi connectivity index (χ4v) is 4.66. The summed E-state index contributed by atoms with van der Waals surface area (Å²) in [7, 11) is 1.62. The van der Waals surface area contributed by atoms with Gasteiger partial charge < -0.3 is 15.1 Å². The summed E-state index contributed by atoms with van der Waals surface area (Å²) in [5.41, 5.74) is 1.70. The van der Waals surface area contributed by atoms with E-state index in [1.807, 2.05) is 18.2 Å². The minimum absolute atomic E-state index is 0.0848. The number of nitrogens with one attached hydrogen (secondary N) is 2. The van der Waals surface area contributed by atoms with E-state index in [1.54, 1.807) is 35.4 Å². The molecule has 0 bridgehead atoms. The first-order valence-electron chi connectivity index (χ1n) is 9.48. The third-order valence-corrected chi connectivity index (χ3v) is 6.24. The van der Waals surface area contributed by atoms with Crippen molar-refractivity contribution in [2.75, 3.05) is 38.5 Å². The summed E-state index contributed by atoms with van der Waals surface area (Å²) in [5.74, 6) is -0.158. The number of carbonyl (C=O) groups is 1. The molecule has 0 atom stereocenters. The average Bonchev–Trinajstić information content (AvgIpc) is 3.15. The fraction of sp³-hybridized carbons (Fsp3) is 0.300. The van der Waals surface area contributed by atoms with E-state index in [0.717, 1.165) is 30.2 Å². The summed E-state index contributed by atoms with van der Waals surface area (Å²) in [5, 5.41) is 15.1. The maximum atomic E-state index is 12.8. The van der Waals surface area contributed by atoms with Crippen LogP contribution in [0.3, 0.4) is 0 Å². The molecular weight excluding hydrogens is 390 g/mol. The first-order chi connectivity index (χ1) is 14.0. The number of nitro groups is 1. The molecule has 2 heterocycles. The maximum absolute atomic E-state index is 12.8. The van der Waals surface area contributed by atoms with E-state index in [4.69, 9.17) is 4.98 Å². The van der Waals surface area contributed by atoms with Gasteiger partial charge >= 0.3 is 0 Å². The number of nitrogens with zero attached hydrogens (tertiary/aromatic N) is 3. The molecule has 2 aromatic carbocycles. The van der Waals surface area contributed by atoms with Crippen LogP contribution in [0.5, 0.6) is 0 Å². The number of fused-ring (bicyclic) bond motifs is 1. The lowest BCUT2D eigenvalue weighted by atomic mass is 10.1. The quantitative estimate of drug-likeness (QED) is 0.492. The average molecular weight is 412 g/mol. The molecule has 0 saturated carbocycles. The standard InChI is InChI=1S/C20H21N5O3S/c1-21-15-7-6-14(12-17(15)25(27)28)20(26)24-10-8-23(9-11-24)13-19-22-16-4-2-3-5-18(16)29-19/h2-7,12,21H,8-11,13H2,1H3/p+1. The largest absolute Gasteiger partial charge is 0.383 e. The van der Waals surface area contributed by atoms with Crippen molar-refractivity contribution in [3.05, 3.63) is 63.1 Å². The number of nitro benzene ring substituents is 1. The van der Waals surface area contributed by atoms with Crippen LogP contribution in [-0.4, -0.2) is 53.9 Å². The van der Waals surface area contributed by atoms with Crippen LogP contribution in [-0.2, 0) is 6.54 Å². The van der Waals surface area contributed by atoms with E-state index in [-0.39, 0.29) is 11.6 Å². The highest BCUT2D eigenvalue weighted by atomic mass is 32.1. The van der Waals surface area contributed by atoms with Gasteiger partial charge in [-0.1, -0.05) is 12.1 Å². The van der Waals surface area contributed by atoms with Crippen LogP contribution in [0.15, 0.2) is 42.5 Å². The zero-order chi connectivity index (χ0) is 20.4. The van der Waals surface area contributed by atoms with E-state index in [2.05, 4.69) is 11.4 Å². The molecular formula is C20H22N5O3S+. The smallest absolute Gasteiger partial charge is 0.293 e. The number of hydrogen-bond donors (Lipinski definition) is 2. The first-order valence-corrected chi connectivity index (χ1v) is 10.3. The topological polar surface area (TPSA) is 92.8 Å². The van der Waals surface area contributed by atoms with Gasteiger partial charge in [0, 0.05) is 18.7 Å². The number of thiazole rings is 1. The molecule has 0 unspecified atom stereocenters. The van der Waals surface area contributed by atoms with E-state index in [9.17, 15) is 14.9 Å². The third-order valence-electron chi connectivity index (χ3n) is 5.21. The number of carbonyl (C=O) groups excluding carboxylic acids is 1. The van der Waals surface area contributed by atoms with Gasteiger partial charge in [-0.05, 0) is 24.3 Å². The number of amides is 1. The summed E-state index contributed by atoms with van der Waals surface area (Å²) in [6.45, 7) is 3.77. The zero-order valence-electron chi connectivity index (χ0n) is 16.1. The monoisotopic (exact) mass is 412 g/mol. The van der Waals surface area contributed by atoms with Crippen LogP contribution >= 0.6 is 11.3 Å². The molecule has 150 valence electrons. The van der Waals surface area contributed by atoms with Crippen molar-refractivity contribution >= 4 is 38.8 Å². The number of benzene rings is 2. The van der Waals surface area contributed by atoms with Gasteiger partial charge in [0.2, 0.25) is 0 Å². The SMILES string of the molecule is CNc1ccc(C(=O)N2CC[NH+](Cc3nc4ccccc4s3)CC2)cc1[N+](=O)[O-]. The molecule has 1 aliphatic heterocycles. The predicted molar refractivity (Wildman–Crippen MR) is 113 cm³/mol. The van der Waals surface area contributed by atoms with Gasteiger partial charge in [0.15, 0.2) is 0 Å². The van der Waals surface area contributed by atoms with Crippen molar-refractivity contribution in [2.24, 2.45) is 0 Å². The van der Waals surface area contributed by atoms with Crippen molar-refractivity contribution in [1.82, 2.24) is 9.88 Å². The van der Waals surface area contributed by atoms with Crippen LogP contribution in [0.4, 0.5) is 11.4 Å². The van der Waals surface area contributed by atoms with Crippen LogP contribution in [0.2, 0.25) is 0 Å². The Morgan fingerprint density at radius 2 is 2.03 bits per heavy atom. The van der Waals surface area contributed by atoms with Gasteiger partial charge in [0.1, 0.15) is 17.2 Å². The van der Waals surface area contributed by atoms with E-state index in [1.165, 1.54) is 15.7 Å². The Morgan fingerprint density at radius 1 is 1.28 bits per heavy atom. The van der Waals surface area contributed by atoms with Gasteiger partial charge in [-0.15, -0.1) is 11.3 Å². The molecule has 8 nitrogen and oxygen atoms in total. The lowest BCUT2D eigenvalue weighted by molar-refractivity contribution is -0.917. The van der Waals surface area contributed by atoms with Crippen molar-refractivity contribution in [3.63, 3.8) is 0 Å².